The second-order valence-electron chi connectivity index (χ2n) is 8.08. The number of Topliss-reactive ketones (excluding diaryl/α,β-unsaturated/α-hetero) is 1. The first kappa shape index (κ1) is 23.7. The van der Waals surface area contributed by atoms with Crippen molar-refractivity contribution in [3.05, 3.63) is 81.3 Å². The number of hydrogen-bond acceptors (Lipinski definition) is 7. The number of ketones is 1. The fraction of sp³-hybridized carbons (Fsp3) is 0.280. The SMILES string of the molecule is COc1cccc(CN2CCc3nc(SCC(=O)Nc4ccc(C(C)=O)cc4)[nH]c(=O)c3C2)c1. The van der Waals surface area contributed by atoms with Gasteiger partial charge in [0.05, 0.1) is 24.1 Å². The fourth-order valence-corrected chi connectivity index (χ4v) is 4.49. The molecule has 0 spiro atoms. The number of nitrogens with one attached hydrogen (secondary N) is 2. The third kappa shape index (κ3) is 5.92. The minimum Gasteiger partial charge on any atom is -0.497 e. The molecule has 34 heavy (non-hydrogen) atoms. The summed E-state index contributed by atoms with van der Waals surface area (Å²) in [5.41, 5.74) is 3.62. The molecule has 4 rings (SSSR count). The van der Waals surface area contributed by atoms with Crippen molar-refractivity contribution in [2.24, 2.45) is 0 Å². The van der Waals surface area contributed by atoms with Gasteiger partial charge in [-0.2, -0.15) is 0 Å². The molecule has 0 atom stereocenters. The zero-order valence-electron chi connectivity index (χ0n) is 19.1. The number of aromatic amines is 1. The predicted molar refractivity (Wildman–Crippen MR) is 131 cm³/mol. The molecule has 0 unspecified atom stereocenters. The van der Waals surface area contributed by atoms with E-state index < -0.39 is 0 Å². The average Bonchev–Trinajstić information content (AvgIpc) is 2.83. The second-order valence-corrected chi connectivity index (χ2v) is 9.04. The fourth-order valence-electron chi connectivity index (χ4n) is 3.81. The van der Waals surface area contributed by atoms with E-state index in [1.165, 1.54) is 18.7 Å². The van der Waals surface area contributed by atoms with Crippen LogP contribution in [0.4, 0.5) is 5.69 Å². The van der Waals surface area contributed by atoms with Crippen LogP contribution in [0, 0.1) is 0 Å². The molecule has 2 aromatic carbocycles. The quantitative estimate of drug-likeness (QED) is 0.291. The Hall–Kier alpha value is -3.43. The molecule has 9 heteroatoms. The Labute approximate surface area is 201 Å². The molecule has 176 valence electrons. The average molecular weight is 479 g/mol. The van der Waals surface area contributed by atoms with Gasteiger partial charge in [0.1, 0.15) is 5.75 Å². The van der Waals surface area contributed by atoms with Crippen LogP contribution in [0.25, 0.3) is 0 Å². The summed E-state index contributed by atoms with van der Waals surface area (Å²) in [5, 5.41) is 3.22. The van der Waals surface area contributed by atoms with Gasteiger partial charge in [0.2, 0.25) is 5.91 Å². The monoisotopic (exact) mass is 478 g/mol. The number of ether oxygens (including phenoxy) is 1. The standard InChI is InChI=1S/C25H26N4O4S/c1-16(30)18-6-8-19(9-7-18)26-23(31)15-34-25-27-22-10-11-29(14-21(22)24(32)28-25)13-17-4-3-5-20(12-17)33-2/h3-9,12H,10-11,13-15H2,1-2H3,(H,26,31)(H,27,28,32). The van der Waals surface area contributed by atoms with E-state index >= 15 is 0 Å². The lowest BCUT2D eigenvalue weighted by Gasteiger charge is -2.27. The van der Waals surface area contributed by atoms with Gasteiger partial charge in [-0.3, -0.25) is 19.3 Å². The number of amides is 1. The van der Waals surface area contributed by atoms with Crippen molar-refractivity contribution in [2.45, 2.75) is 31.6 Å². The first-order chi connectivity index (χ1) is 16.4. The molecule has 0 bridgehead atoms. The number of rotatable bonds is 8. The van der Waals surface area contributed by atoms with Gasteiger partial charge in [0.25, 0.3) is 5.56 Å². The highest BCUT2D eigenvalue weighted by molar-refractivity contribution is 7.99. The van der Waals surface area contributed by atoms with Gasteiger partial charge in [-0.25, -0.2) is 4.98 Å². The Bertz CT molecular complexity index is 1260. The molecule has 1 aliphatic heterocycles. The third-order valence-electron chi connectivity index (χ3n) is 5.58. The number of carbonyl (C=O) groups excluding carboxylic acids is 2. The topological polar surface area (TPSA) is 104 Å². The van der Waals surface area contributed by atoms with Crippen molar-refractivity contribution in [3.63, 3.8) is 0 Å². The maximum Gasteiger partial charge on any atom is 0.256 e. The number of methoxy groups -OCH3 is 1. The minimum atomic E-state index is -0.217. The number of thioether (sulfide) groups is 1. The number of aromatic nitrogens is 2. The number of hydrogen-bond donors (Lipinski definition) is 2. The van der Waals surface area contributed by atoms with Crippen LogP contribution in [0.2, 0.25) is 0 Å². The van der Waals surface area contributed by atoms with Gasteiger partial charge in [0.15, 0.2) is 10.9 Å². The summed E-state index contributed by atoms with van der Waals surface area (Å²) in [6.07, 6.45) is 0.672. The van der Waals surface area contributed by atoms with Crippen molar-refractivity contribution in [2.75, 3.05) is 24.7 Å². The number of nitrogens with zero attached hydrogens (tertiary/aromatic N) is 2. The summed E-state index contributed by atoms with van der Waals surface area (Å²) in [6.45, 7) is 3.53. The zero-order valence-corrected chi connectivity index (χ0v) is 19.9. The van der Waals surface area contributed by atoms with Crippen LogP contribution in [0.15, 0.2) is 58.5 Å². The first-order valence-electron chi connectivity index (χ1n) is 10.9. The van der Waals surface area contributed by atoms with Crippen LogP contribution in [0.3, 0.4) is 0 Å². The van der Waals surface area contributed by atoms with E-state index in [1.54, 1.807) is 31.4 Å². The summed E-state index contributed by atoms with van der Waals surface area (Å²) in [5.74, 6) is 0.677. The highest BCUT2D eigenvalue weighted by atomic mass is 32.2. The molecular weight excluding hydrogens is 452 g/mol. The van der Waals surface area contributed by atoms with E-state index in [1.807, 2.05) is 24.3 Å². The molecule has 0 saturated carbocycles. The molecule has 1 aliphatic rings. The number of fused-ring (bicyclic) bond motifs is 1. The minimum absolute atomic E-state index is 0.0284. The summed E-state index contributed by atoms with van der Waals surface area (Å²) in [4.78, 5) is 46.0. The number of H-pyrrole nitrogens is 1. The lowest BCUT2D eigenvalue weighted by molar-refractivity contribution is -0.113. The summed E-state index contributed by atoms with van der Waals surface area (Å²) in [6, 6.07) is 14.6. The van der Waals surface area contributed by atoms with Crippen LogP contribution in [-0.4, -0.2) is 46.0 Å². The summed E-state index contributed by atoms with van der Waals surface area (Å²) >= 11 is 1.19. The highest BCUT2D eigenvalue weighted by Crippen LogP contribution is 2.21. The van der Waals surface area contributed by atoms with Crippen LogP contribution >= 0.6 is 11.8 Å². The van der Waals surface area contributed by atoms with E-state index in [0.29, 0.717) is 34.9 Å². The van der Waals surface area contributed by atoms with E-state index in [2.05, 4.69) is 20.2 Å². The van der Waals surface area contributed by atoms with E-state index in [9.17, 15) is 14.4 Å². The number of benzene rings is 2. The molecule has 2 N–H and O–H groups in total. The molecule has 2 heterocycles. The van der Waals surface area contributed by atoms with Gasteiger partial charge in [0, 0.05) is 37.3 Å². The van der Waals surface area contributed by atoms with Gasteiger partial charge < -0.3 is 15.0 Å². The molecule has 0 radical (unpaired) electrons. The van der Waals surface area contributed by atoms with Crippen LogP contribution in [-0.2, 0) is 24.3 Å². The molecule has 1 amide bonds. The van der Waals surface area contributed by atoms with E-state index in [0.717, 1.165) is 30.1 Å². The number of anilines is 1. The predicted octanol–water partition coefficient (Wildman–Crippen LogP) is 3.27. The molecular formula is C25H26N4O4S. The third-order valence-corrected chi connectivity index (χ3v) is 6.45. The molecule has 0 aliphatic carbocycles. The van der Waals surface area contributed by atoms with Crippen molar-refractivity contribution in [3.8, 4) is 5.75 Å². The Morgan fingerprint density at radius 1 is 1.21 bits per heavy atom. The van der Waals surface area contributed by atoms with Gasteiger partial charge in [-0.1, -0.05) is 23.9 Å². The number of carbonyl (C=O) groups is 2. The zero-order chi connectivity index (χ0) is 24.1. The second kappa shape index (κ2) is 10.7. The normalized spacial score (nSPS) is 13.2. The first-order valence-corrected chi connectivity index (χ1v) is 11.9. The van der Waals surface area contributed by atoms with Crippen molar-refractivity contribution in [1.29, 1.82) is 0 Å². The Kier molecular flexibility index (Phi) is 7.44. The Morgan fingerprint density at radius 3 is 2.74 bits per heavy atom. The van der Waals surface area contributed by atoms with E-state index in [4.69, 9.17) is 4.74 Å². The molecule has 1 aromatic heterocycles. The van der Waals surface area contributed by atoms with Crippen molar-refractivity contribution >= 4 is 29.1 Å². The van der Waals surface area contributed by atoms with Crippen molar-refractivity contribution in [1.82, 2.24) is 14.9 Å². The van der Waals surface area contributed by atoms with Crippen LogP contribution in [0.1, 0.15) is 34.1 Å². The van der Waals surface area contributed by atoms with Crippen molar-refractivity contribution < 1.29 is 14.3 Å². The molecule has 8 nitrogen and oxygen atoms in total. The molecule has 3 aromatic rings. The van der Waals surface area contributed by atoms with Crippen LogP contribution in [0.5, 0.6) is 5.75 Å². The lowest BCUT2D eigenvalue weighted by atomic mass is 10.1. The summed E-state index contributed by atoms with van der Waals surface area (Å²) < 4.78 is 5.29. The van der Waals surface area contributed by atoms with Crippen LogP contribution < -0.4 is 15.6 Å². The van der Waals surface area contributed by atoms with E-state index in [-0.39, 0.29) is 23.0 Å². The lowest BCUT2D eigenvalue weighted by Crippen LogP contribution is -2.35. The molecule has 0 saturated heterocycles. The maximum atomic E-state index is 12.7. The van der Waals surface area contributed by atoms with Gasteiger partial charge >= 0.3 is 0 Å². The molecule has 0 fully saturated rings. The van der Waals surface area contributed by atoms with Gasteiger partial charge in [-0.05, 0) is 48.9 Å². The Balaban J connectivity index is 1.35. The Morgan fingerprint density at radius 2 is 2.00 bits per heavy atom. The summed E-state index contributed by atoms with van der Waals surface area (Å²) in [7, 11) is 1.65. The largest absolute Gasteiger partial charge is 0.497 e. The van der Waals surface area contributed by atoms with Gasteiger partial charge in [-0.15, -0.1) is 0 Å². The maximum absolute atomic E-state index is 12.7. The highest BCUT2D eigenvalue weighted by Gasteiger charge is 2.21. The smallest absolute Gasteiger partial charge is 0.256 e.